The Morgan fingerprint density at radius 2 is 2.09 bits per heavy atom. The summed E-state index contributed by atoms with van der Waals surface area (Å²) in [5, 5.41) is 6.43. The lowest BCUT2D eigenvalue weighted by atomic mass is 10.0. The monoisotopic (exact) mass is 353 g/mol. The van der Waals surface area contributed by atoms with Crippen molar-refractivity contribution in [2.45, 2.75) is 57.9 Å². The summed E-state index contributed by atoms with van der Waals surface area (Å²) in [6.45, 7) is 7.76. The number of halogens is 2. The van der Waals surface area contributed by atoms with Gasteiger partial charge in [-0.1, -0.05) is 6.42 Å². The SMILES string of the molecule is CC1CCCCN1CCCNC(=O)CCC1CCNC1.Cl.Cl. The maximum absolute atomic E-state index is 11.8. The van der Waals surface area contributed by atoms with Gasteiger partial charge in [-0.05, 0) is 64.6 Å². The largest absolute Gasteiger partial charge is 0.356 e. The first-order valence-corrected chi connectivity index (χ1v) is 8.47. The molecule has 0 aliphatic carbocycles. The molecule has 22 heavy (non-hydrogen) atoms. The number of hydrogen-bond acceptors (Lipinski definition) is 3. The molecule has 0 saturated carbocycles. The highest BCUT2D eigenvalue weighted by atomic mass is 35.5. The van der Waals surface area contributed by atoms with Crippen LogP contribution in [0.4, 0.5) is 0 Å². The van der Waals surface area contributed by atoms with E-state index in [2.05, 4.69) is 22.5 Å². The van der Waals surface area contributed by atoms with E-state index in [9.17, 15) is 4.79 Å². The number of carbonyl (C=O) groups is 1. The van der Waals surface area contributed by atoms with Crippen LogP contribution in [0.5, 0.6) is 0 Å². The number of amides is 1. The lowest BCUT2D eigenvalue weighted by Gasteiger charge is -2.33. The van der Waals surface area contributed by atoms with Crippen LogP contribution in [0.1, 0.15) is 51.9 Å². The molecule has 0 bridgehead atoms. The molecular weight excluding hydrogens is 321 g/mol. The molecule has 6 heteroatoms. The molecule has 2 heterocycles. The Bertz CT molecular complexity index is 299. The molecule has 0 radical (unpaired) electrons. The fourth-order valence-electron chi connectivity index (χ4n) is 3.38. The van der Waals surface area contributed by atoms with E-state index in [1.165, 1.54) is 32.2 Å². The zero-order valence-corrected chi connectivity index (χ0v) is 15.4. The van der Waals surface area contributed by atoms with Crippen molar-refractivity contribution in [2.24, 2.45) is 5.92 Å². The molecule has 2 fully saturated rings. The van der Waals surface area contributed by atoms with Gasteiger partial charge in [-0.3, -0.25) is 4.79 Å². The van der Waals surface area contributed by atoms with Gasteiger partial charge in [0.05, 0.1) is 0 Å². The molecule has 0 aromatic rings. The average molecular weight is 354 g/mol. The molecule has 2 aliphatic heterocycles. The molecule has 132 valence electrons. The minimum atomic E-state index is 0. The summed E-state index contributed by atoms with van der Waals surface area (Å²) in [7, 11) is 0. The molecule has 2 atom stereocenters. The molecule has 1 amide bonds. The van der Waals surface area contributed by atoms with Gasteiger partial charge in [-0.25, -0.2) is 0 Å². The third kappa shape index (κ3) is 8.00. The van der Waals surface area contributed by atoms with Crippen LogP contribution in [0.3, 0.4) is 0 Å². The highest BCUT2D eigenvalue weighted by Crippen LogP contribution is 2.16. The molecular formula is C16H33Cl2N3O. The zero-order chi connectivity index (χ0) is 14.2. The molecule has 2 aliphatic rings. The van der Waals surface area contributed by atoms with Crippen molar-refractivity contribution in [3.05, 3.63) is 0 Å². The van der Waals surface area contributed by atoms with E-state index in [1.54, 1.807) is 0 Å². The summed E-state index contributed by atoms with van der Waals surface area (Å²) in [6, 6.07) is 0.731. The summed E-state index contributed by atoms with van der Waals surface area (Å²) >= 11 is 0. The highest BCUT2D eigenvalue weighted by molar-refractivity contribution is 5.85. The van der Waals surface area contributed by atoms with Crippen LogP contribution >= 0.6 is 24.8 Å². The van der Waals surface area contributed by atoms with Gasteiger partial charge in [0.2, 0.25) is 5.91 Å². The number of rotatable bonds is 7. The first-order chi connectivity index (χ1) is 9.75. The van der Waals surface area contributed by atoms with Gasteiger partial charge in [-0.2, -0.15) is 0 Å². The summed E-state index contributed by atoms with van der Waals surface area (Å²) in [5.74, 6) is 0.957. The summed E-state index contributed by atoms with van der Waals surface area (Å²) < 4.78 is 0. The zero-order valence-electron chi connectivity index (χ0n) is 13.8. The van der Waals surface area contributed by atoms with Crippen LogP contribution in [0, 0.1) is 5.92 Å². The molecule has 0 aromatic carbocycles. The fraction of sp³-hybridized carbons (Fsp3) is 0.938. The quantitative estimate of drug-likeness (QED) is 0.691. The normalized spacial score (nSPS) is 25.1. The van der Waals surface area contributed by atoms with E-state index < -0.39 is 0 Å². The summed E-state index contributed by atoms with van der Waals surface area (Å²) in [6.07, 6.45) is 8.12. The maximum Gasteiger partial charge on any atom is 0.220 e. The van der Waals surface area contributed by atoms with Crippen molar-refractivity contribution in [1.29, 1.82) is 0 Å². The Balaban J connectivity index is 0.00000220. The molecule has 2 unspecified atom stereocenters. The fourth-order valence-corrected chi connectivity index (χ4v) is 3.38. The van der Waals surface area contributed by atoms with Gasteiger partial charge in [0.1, 0.15) is 0 Å². The van der Waals surface area contributed by atoms with Crippen molar-refractivity contribution in [1.82, 2.24) is 15.5 Å². The number of piperidine rings is 1. The molecule has 0 spiro atoms. The third-order valence-corrected chi connectivity index (χ3v) is 4.83. The minimum absolute atomic E-state index is 0. The van der Waals surface area contributed by atoms with Crippen molar-refractivity contribution < 1.29 is 4.79 Å². The van der Waals surface area contributed by atoms with E-state index in [4.69, 9.17) is 0 Å². The Morgan fingerprint density at radius 1 is 1.27 bits per heavy atom. The van der Waals surface area contributed by atoms with E-state index in [-0.39, 0.29) is 30.7 Å². The van der Waals surface area contributed by atoms with Crippen molar-refractivity contribution >= 4 is 30.7 Å². The van der Waals surface area contributed by atoms with Crippen molar-refractivity contribution in [3.63, 3.8) is 0 Å². The molecule has 2 saturated heterocycles. The van der Waals surface area contributed by atoms with Crippen LogP contribution < -0.4 is 10.6 Å². The van der Waals surface area contributed by atoms with E-state index in [0.29, 0.717) is 6.42 Å². The van der Waals surface area contributed by atoms with Gasteiger partial charge in [0, 0.05) is 25.6 Å². The van der Waals surface area contributed by atoms with Gasteiger partial charge < -0.3 is 15.5 Å². The van der Waals surface area contributed by atoms with Crippen LogP contribution in [0.2, 0.25) is 0 Å². The van der Waals surface area contributed by atoms with E-state index >= 15 is 0 Å². The minimum Gasteiger partial charge on any atom is -0.356 e. The second-order valence-electron chi connectivity index (χ2n) is 6.48. The maximum atomic E-state index is 11.8. The lowest BCUT2D eigenvalue weighted by molar-refractivity contribution is -0.121. The average Bonchev–Trinajstić information content (AvgIpc) is 2.96. The number of likely N-dealkylation sites (tertiary alicyclic amines) is 1. The molecule has 4 nitrogen and oxygen atoms in total. The van der Waals surface area contributed by atoms with Crippen LogP contribution in [-0.4, -0.2) is 49.6 Å². The predicted octanol–water partition coefficient (Wildman–Crippen LogP) is 2.60. The molecule has 2 rings (SSSR count). The number of carbonyl (C=O) groups excluding carboxylic acids is 1. The second kappa shape index (κ2) is 12.4. The third-order valence-electron chi connectivity index (χ3n) is 4.83. The van der Waals surface area contributed by atoms with Crippen LogP contribution in [0.25, 0.3) is 0 Å². The van der Waals surface area contributed by atoms with Gasteiger partial charge in [0.25, 0.3) is 0 Å². The lowest BCUT2D eigenvalue weighted by Crippen LogP contribution is -2.39. The number of nitrogens with zero attached hydrogens (tertiary/aromatic N) is 1. The summed E-state index contributed by atoms with van der Waals surface area (Å²) in [4.78, 5) is 14.3. The summed E-state index contributed by atoms with van der Waals surface area (Å²) in [5.41, 5.74) is 0. The van der Waals surface area contributed by atoms with Crippen LogP contribution in [0.15, 0.2) is 0 Å². The molecule has 0 aromatic heterocycles. The first-order valence-electron chi connectivity index (χ1n) is 8.47. The highest BCUT2D eigenvalue weighted by Gasteiger charge is 2.17. The van der Waals surface area contributed by atoms with Gasteiger partial charge in [0.15, 0.2) is 0 Å². The topological polar surface area (TPSA) is 44.4 Å². The standard InChI is InChI=1S/C16H31N3O.2ClH/c1-14-5-2-3-11-19(14)12-4-9-18-16(20)7-6-15-8-10-17-13-15;;/h14-15,17H,2-13H2,1H3,(H,18,20);2*1H. The van der Waals surface area contributed by atoms with E-state index in [0.717, 1.165) is 51.0 Å². The Kier molecular flexibility index (Phi) is 12.4. The molecule has 2 N–H and O–H groups in total. The van der Waals surface area contributed by atoms with Gasteiger partial charge >= 0.3 is 0 Å². The second-order valence-corrected chi connectivity index (χ2v) is 6.48. The smallest absolute Gasteiger partial charge is 0.220 e. The number of nitrogens with one attached hydrogen (secondary N) is 2. The Hall–Kier alpha value is -0.0300. The van der Waals surface area contributed by atoms with Crippen molar-refractivity contribution in [2.75, 3.05) is 32.7 Å². The Labute approximate surface area is 148 Å². The first kappa shape index (κ1) is 22.0. The predicted molar refractivity (Wildman–Crippen MR) is 97.2 cm³/mol. The van der Waals surface area contributed by atoms with Gasteiger partial charge in [-0.15, -0.1) is 24.8 Å². The van der Waals surface area contributed by atoms with Crippen LogP contribution in [-0.2, 0) is 4.79 Å². The van der Waals surface area contributed by atoms with Crippen molar-refractivity contribution in [3.8, 4) is 0 Å². The Morgan fingerprint density at radius 3 is 2.77 bits per heavy atom. The number of hydrogen-bond donors (Lipinski definition) is 2. The van der Waals surface area contributed by atoms with E-state index in [1.807, 2.05) is 0 Å².